The monoisotopic (exact) mass is 334 g/mol. The fraction of sp³-hybridized carbons (Fsp3) is 0.100. The summed E-state index contributed by atoms with van der Waals surface area (Å²) in [5.41, 5.74) is 9.49. The summed E-state index contributed by atoms with van der Waals surface area (Å²) in [6, 6.07) is 19.0. The smallest absolute Gasteiger partial charge is 0.287 e. The van der Waals surface area contributed by atoms with Gasteiger partial charge in [0.25, 0.3) is 11.8 Å². The molecule has 126 valence electrons. The van der Waals surface area contributed by atoms with E-state index in [2.05, 4.69) is 30.4 Å². The molecule has 3 aromatic rings. The molecule has 0 aliphatic heterocycles. The second-order valence-corrected chi connectivity index (χ2v) is 5.78. The van der Waals surface area contributed by atoms with Gasteiger partial charge in [-0.05, 0) is 41.8 Å². The third-order valence-electron chi connectivity index (χ3n) is 3.80. The first-order valence-corrected chi connectivity index (χ1v) is 7.87. The molecule has 0 aliphatic carbocycles. The molecule has 5 nitrogen and oxygen atoms in total. The summed E-state index contributed by atoms with van der Waals surface area (Å²) in [4.78, 5) is 23.1. The van der Waals surface area contributed by atoms with Crippen molar-refractivity contribution in [3.8, 4) is 11.1 Å². The minimum absolute atomic E-state index is 0.0356. The molecule has 2 amide bonds. The standard InChI is InChI=1S/C20H18N2O3/c1-13-4-2-6-15(10-13)16-7-3-5-14(11-16)12-22-20(24)18-9-8-17(25-18)19(21)23/h2-11H,12H2,1H3,(H2,21,23)(H,22,24). The van der Waals surface area contributed by atoms with Crippen LogP contribution in [0.4, 0.5) is 0 Å². The molecule has 0 saturated heterocycles. The maximum Gasteiger partial charge on any atom is 0.287 e. The summed E-state index contributed by atoms with van der Waals surface area (Å²) >= 11 is 0. The number of hydrogen-bond acceptors (Lipinski definition) is 3. The van der Waals surface area contributed by atoms with Crippen molar-refractivity contribution in [2.45, 2.75) is 13.5 Å². The molecule has 0 bridgehead atoms. The van der Waals surface area contributed by atoms with Gasteiger partial charge in [0.1, 0.15) is 0 Å². The van der Waals surface area contributed by atoms with Gasteiger partial charge >= 0.3 is 0 Å². The Balaban J connectivity index is 1.70. The predicted molar refractivity (Wildman–Crippen MR) is 95.0 cm³/mol. The van der Waals surface area contributed by atoms with Crippen LogP contribution < -0.4 is 11.1 Å². The average Bonchev–Trinajstić information content (AvgIpc) is 3.10. The number of hydrogen-bond donors (Lipinski definition) is 2. The number of rotatable bonds is 5. The summed E-state index contributed by atoms with van der Waals surface area (Å²) in [6.07, 6.45) is 0. The van der Waals surface area contributed by atoms with Crippen LogP contribution in [-0.2, 0) is 6.54 Å². The van der Waals surface area contributed by atoms with E-state index in [0.717, 1.165) is 16.7 Å². The van der Waals surface area contributed by atoms with E-state index in [-0.39, 0.29) is 11.5 Å². The van der Waals surface area contributed by atoms with E-state index < -0.39 is 11.8 Å². The average molecular weight is 334 g/mol. The Morgan fingerprint density at radius 2 is 1.64 bits per heavy atom. The number of amides is 2. The van der Waals surface area contributed by atoms with Crippen molar-refractivity contribution in [3.63, 3.8) is 0 Å². The number of aryl methyl sites for hydroxylation is 1. The van der Waals surface area contributed by atoms with Crippen LogP contribution in [0.2, 0.25) is 0 Å². The van der Waals surface area contributed by atoms with E-state index in [1.54, 1.807) is 0 Å². The Morgan fingerprint density at radius 1 is 0.960 bits per heavy atom. The minimum atomic E-state index is -0.704. The van der Waals surface area contributed by atoms with Gasteiger partial charge in [-0.3, -0.25) is 9.59 Å². The molecule has 0 spiro atoms. The van der Waals surface area contributed by atoms with Crippen molar-refractivity contribution in [3.05, 3.63) is 83.3 Å². The van der Waals surface area contributed by atoms with Crippen molar-refractivity contribution in [1.29, 1.82) is 0 Å². The highest BCUT2D eigenvalue weighted by molar-refractivity contribution is 5.94. The Morgan fingerprint density at radius 3 is 2.32 bits per heavy atom. The van der Waals surface area contributed by atoms with Gasteiger partial charge in [0.05, 0.1) is 0 Å². The van der Waals surface area contributed by atoms with Crippen LogP contribution in [0, 0.1) is 6.92 Å². The van der Waals surface area contributed by atoms with Crippen LogP contribution in [0.3, 0.4) is 0 Å². The fourth-order valence-corrected chi connectivity index (χ4v) is 2.55. The second kappa shape index (κ2) is 7.05. The van der Waals surface area contributed by atoms with Crippen LogP contribution >= 0.6 is 0 Å². The minimum Gasteiger partial charge on any atom is -0.446 e. The van der Waals surface area contributed by atoms with Gasteiger partial charge in [-0.2, -0.15) is 0 Å². The second-order valence-electron chi connectivity index (χ2n) is 5.78. The molecule has 0 fully saturated rings. The van der Waals surface area contributed by atoms with E-state index in [0.29, 0.717) is 6.54 Å². The highest BCUT2D eigenvalue weighted by Crippen LogP contribution is 2.21. The van der Waals surface area contributed by atoms with E-state index in [9.17, 15) is 9.59 Å². The lowest BCUT2D eigenvalue weighted by Crippen LogP contribution is -2.22. The Kier molecular flexibility index (Phi) is 4.66. The molecule has 1 aromatic heterocycles. The zero-order chi connectivity index (χ0) is 17.8. The Labute approximate surface area is 145 Å². The van der Waals surface area contributed by atoms with Crippen molar-refractivity contribution in [2.75, 3.05) is 0 Å². The molecule has 3 rings (SSSR count). The number of nitrogens with two attached hydrogens (primary N) is 1. The maximum absolute atomic E-state index is 12.1. The van der Waals surface area contributed by atoms with E-state index in [4.69, 9.17) is 10.2 Å². The highest BCUT2D eigenvalue weighted by Gasteiger charge is 2.13. The van der Waals surface area contributed by atoms with Crippen LogP contribution in [0.25, 0.3) is 11.1 Å². The Hall–Kier alpha value is -3.34. The lowest BCUT2D eigenvalue weighted by molar-refractivity contribution is 0.0913. The number of carbonyl (C=O) groups is 2. The fourth-order valence-electron chi connectivity index (χ4n) is 2.55. The molecule has 0 atom stereocenters. The first kappa shape index (κ1) is 16.5. The zero-order valence-corrected chi connectivity index (χ0v) is 13.8. The summed E-state index contributed by atoms with van der Waals surface area (Å²) in [6.45, 7) is 2.41. The van der Waals surface area contributed by atoms with Crippen LogP contribution in [0.15, 0.2) is 65.1 Å². The van der Waals surface area contributed by atoms with Gasteiger partial charge in [-0.15, -0.1) is 0 Å². The molecule has 1 heterocycles. The molecule has 3 N–H and O–H groups in total. The summed E-state index contributed by atoms with van der Waals surface area (Å²) in [5.74, 6) is -1.08. The molecule has 0 saturated carbocycles. The van der Waals surface area contributed by atoms with Crippen molar-refractivity contribution >= 4 is 11.8 Å². The number of furan rings is 1. The van der Waals surface area contributed by atoms with Crippen molar-refractivity contribution in [2.24, 2.45) is 5.73 Å². The van der Waals surface area contributed by atoms with Crippen LogP contribution in [0.1, 0.15) is 32.2 Å². The van der Waals surface area contributed by atoms with Gasteiger partial charge < -0.3 is 15.5 Å². The van der Waals surface area contributed by atoms with Gasteiger partial charge in [0, 0.05) is 6.54 Å². The van der Waals surface area contributed by atoms with Crippen molar-refractivity contribution < 1.29 is 14.0 Å². The summed E-state index contributed by atoms with van der Waals surface area (Å²) in [7, 11) is 0. The Bertz CT molecular complexity index is 928. The largest absolute Gasteiger partial charge is 0.446 e. The lowest BCUT2D eigenvalue weighted by atomic mass is 10.0. The van der Waals surface area contributed by atoms with Gasteiger partial charge in [-0.25, -0.2) is 0 Å². The third kappa shape index (κ3) is 3.95. The number of benzene rings is 2. The summed E-state index contributed by atoms with van der Waals surface area (Å²) in [5, 5.41) is 2.77. The number of primary amides is 1. The molecule has 25 heavy (non-hydrogen) atoms. The van der Waals surface area contributed by atoms with Crippen LogP contribution in [-0.4, -0.2) is 11.8 Å². The normalized spacial score (nSPS) is 10.4. The zero-order valence-electron chi connectivity index (χ0n) is 13.8. The summed E-state index contributed by atoms with van der Waals surface area (Å²) < 4.78 is 5.11. The van der Waals surface area contributed by atoms with Gasteiger partial charge in [0.15, 0.2) is 11.5 Å². The lowest BCUT2D eigenvalue weighted by Gasteiger charge is -2.07. The van der Waals surface area contributed by atoms with Crippen molar-refractivity contribution in [1.82, 2.24) is 5.32 Å². The molecule has 0 unspecified atom stereocenters. The first-order chi connectivity index (χ1) is 12.0. The number of carbonyl (C=O) groups excluding carboxylic acids is 2. The highest BCUT2D eigenvalue weighted by atomic mass is 16.4. The van der Waals surface area contributed by atoms with E-state index in [1.807, 2.05) is 30.3 Å². The molecule has 5 heteroatoms. The first-order valence-electron chi connectivity index (χ1n) is 7.87. The molecular weight excluding hydrogens is 316 g/mol. The van der Waals surface area contributed by atoms with Gasteiger partial charge in [0.2, 0.25) is 0 Å². The molecule has 0 aliphatic rings. The molecule has 0 radical (unpaired) electrons. The maximum atomic E-state index is 12.1. The van der Waals surface area contributed by atoms with E-state index in [1.165, 1.54) is 17.7 Å². The quantitative estimate of drug-likeness (QED) is 0.751. The van der Waals surface area contributed by atoms with E-state index >= 15 is 0 Å². The van der Waals surface area contributed by atoms with Gasteiger partial charge in [-0.1, -0.05) is 48.0 Å². The van der Waals surface area contributed by atoms with Crippen LogP contribution in [0.5, 0.6) is 0 Å². The topological polar surface area (TPSA) is 85.3 Å². The number of nitrogens with one attached hydrogen (secondary N) is 1. The SMILES string of the molecule is Cc1cccc(-c2cccc(CNC(=O)c3ccc(C(N)=O)o3)c2)c1. The predicted octanol–water partition coefficient (Wildman–Crippen LogP) is 3.28. The molecule has 2 aromatic carbocycles. The third-order valence-corrected chi connectivity index (χ3v) is 3.80. The molecular formula is C20H18N2O3.